The fraction of sp³-hybridized carbons (Fsp3) is 0. The van der Waals surface area contributed by atoms with Crippen molar-refractivity contribution >= 4 is 38.2 Å². The van der Waals surface area contributed by atoms with Gasteiger partial charge < -0.3 is 9.52 Å². The van der Waals surface area contributed by atoms with E-state index in [1.165, 1.54) is 17.4 Å². The van der Waals surface area contributed by atoms with E-state index in [1.807, 2.05) is 24.3 Å². The summed E-state index contributed by atoms with van der Waals surface area (Å²) in [6.45, 7) is 0. The highest BCUT2D eigenvalue weighted by atomic mass is 32.1. The van der Waals surface area contributed by atoms with Gasteiger partial charge in [0, 0.05) is 10.1 Å². The zero-order chi connectivity index (χ0) is 16.0. The summed E-state index contributed by atoms with van der Waals surface area (Å²) in [6, 6.07) is 15.6. The van der Waals surface area contributed by atoms with Crippen LogP contribution < -0.4 is 10.7 Å². The molecule has 0 N–H and O–H groups in total. The van der Waals surface area contributed by atoms with Crippen molar-refractivity contribution in [2.24, 2.45) is 0 Å². The van der Waals surface area contributed by atoms with Gasteiger partial charge in [-0.25, -0.2) is 4.79 Å². The Morgan fingerprint density at radius 1 is 1.04 bits per heavy atom. The number of fused-ring (bicyclic) bond motifs is 2. The number of hydrogen-bond acceptors (Lipinski definition) is 5. The van der Waals surface area contributed by atoms with E-state index in [2.05, 4.69) is 0 Å². The molecule has 0 aliphatic heterocycles. The molecule has 0 radical (unpaired) electrons. The fourth-order valence-corrected chi connectivity index (χ4v) is 3.54. The number of ketones is 1. The normalized spacial score (nSPS) is 11.1. The molecule has 0 spiro atoms. The third-order valence-corrected chi connectivity index (χ3v) is 4.76. The zero-order valence-electron chi connectivity index (χ0n) is 11.7. The van der Waals surface area contributed by atoms with Crippen LogP contribution in [-0.4, -0.2) is 5.78 Å². The van der Waals surface area contributed by atoms with E-state index >= 15 is 0 Å². The average Bonchev–Trinajstić information content (AvgIpc) is 2.99. The summed E-state index contributed by atoms with van der Waals surface area (Å²) < 4.78 is 6.04. The lowest BCUT2D eigenvalue weighted by Gasteiger charge is -2.13. The predicted octanol–water partition coefficient (Wildman–Crippen LogP) is 3.31. The highest BCUT2D eigenvalue weighted by molar-refractivity contribution is 7.21. The highest BCUT2D eigenvalue weighted by Gasteiger charge is 2.19. The van der Waals surface area contributed by atoms with Crippen molar-refractivity contribution in [3.8, 4) is 5.75 Å². The van der Waals surface area contributed by atoms with Gasteiger partial charge in [-0.05, 0) is 23.6 Å². The average molecular weight is 321 g/mol. The number of carbonyl (C=O) groups excluding carboxylic acids is 1. The number of benzene rings is 2. The summed E-state index contributed by atoms with van der Waals surface area (Å²) in [5.41, 5.74) is -1.14. The summed E-state index contributed by atoms with van der Waals surface area (Å²) in [5.74, 6) is -1.17. The van der Waals surface area contributed by atoms with E-state index < -0.39 is 22.7 Å². The largest absolute Gasteiger partial charge is 0.871 e. The SMILES string of the molecule is O=C(c1cc2ccccc2s1)c1c([O-])c2ccccc2oc1=O. The zero-order valence-corrected chi connectivity index (χ0v) is 12.6. The first-order valence-corrected chi connectivity index (χ1v) is 7.73. The lowest BCUT2D eigenvalue weighted by Crippen LogP contribution is -2.18. The first-order chi connectivity index (χ1) is 11.1. The molecule has 5 heteroatoms. The molecule has 0 aliphatic carbocycles. The third-order valence-electron chi connectivity index (χ3n) is 3.64. The van der Waals surface area contributed by atoms with E-state index in [1.54, 1.807) is 24.3 Å². The summed E-state index contributed by atoms with van der Waals surface area (Å²) >= 11 is 1.25. The Morgan fingerprint density at radius 2 is 1.78 bits per heavy atom. The molecular formula is C18H9O4S-. The molecule has 23 heavy (non-hydrogen) atoms. The number of rotatable bonds is 2. The fourth-order valence-electron chi connectivity index (χ4n) is 2.53. The van der Waals surface area contributed by atoms with E-state index in [-0.39, 0.29) is 11.0 Å². The van der Waals surface area contributed by atoms with E-state index in [4.69, 9.17) is 4.42 Å². The van der Waals surface area contributed by atoms with Crippen LogP contribution in [0.1, 0.15) is 15.2 Å². The van der Waals surface area contributed by atoms with Gasteiger partial charge in [-0.2, -0.15) is 0 Å². The van der Waals surface area contributed by atoms with Crippen LogP contribution in [-0.2, 0) is 0 Å². The summed E-state index contributed by atoms with van der Waals surface area (Å²) in [4.78, 5) is 25.1. The van der Waals surface area contributed by atoms with Crippen LogP contribution in [0.15, 0.2) is 63.8 Å². The molecule has 0 unspecified atom stereocenters. The van der Waals surface area contributed by atoms with Crippen LogP contribution in [0.4, 0.5) is 0 Å². The molecule has 4 rings (SSSR count). The molecule has 0 bridgehead atoms. The summed E-state index contributed by atoms with van der Waals surface area (Å²) in [7, 11) is 0. The van der Waals surface area contributed by atoms with Gasteiger partial charge in [-0.1, -0.05) is 42.1 Å². The Hall–Kier alpha value is -2.92. The topological polar surface area (TPSA) is 70.3 Å². The smallest absolute Gasteiger partial charge is 0.346 e. The molecule has 0 atom stereocenters. The molecule has 0 amide bonds. The van der Waals surface area contributed by atoms with E-state index in [9.17, 15) is 14.7 Å². The minimum atomic E-state index is -0.892. The van der Waals surface area contributed by atoms with E-state index in [0.29, 0.717) is 4.88 Å². The van der Waals surface area contributed by atoms with Crippen molar-refractivity contribution in [1.29, 1.82) is 0 Å². The standard InChI is InChI=1S/C18H10O4S/c19-16-11-6-2-3-7-12(11)22-18(21)15(16)17(20)14-9-10-5-1-4-8-13(10)23-14/h1-9,19H/p-1. The molecule has 2 aromatic heterocycles. The molecule has 0 aliphatic rings. The molecule has 0 saturated heterocycles. The lowest BCUT2D eigenvalue weighted by atomic mass is 10.1. The number of thiophene rings is 1. The predicted molar refractivity (Wildman–Crippen MR) is 87.2 cm³/mol. The molecule has 2 heterocycles. The van der Waals surface area contributed by atoms with Gasteiger partial charge in [-0.3, -0.25) is 4.79 Å². The van der Waals surface area contributed by atoms with Crippen LogP contribution in [0.5, 0.6) is 5.75 Å². The van der Waals surface area contributed by atoms with Crippen molar-refractivity contribution in [1.82, 2.24) is 0 Å². The summed E-state index contributed by atoms with van der Waals surface area (Å²) in [6.07, 6.45) is 0. The van der Waals surface area contributed by atoms with Crippen molar-refractivity contribution in [2.45, 2.75) is 0 Å². The summed E-state index contributed by atoms with van der Waals surface area (Å²) in [5, 5.41) is 13.6. The van der Waals surface area contributed by atoms with Gasteiger partial charge in [0.15, 0.2) is 0 Å². The van der Waals surface area contributed by atoms with Gasteiger partial charge in [0.05, 0.1) is 4.88 Å². The van der Waals surface area contributed by atoms with Crippen molar-refractivity contribution in [3.05, 3.63) is 75.5 Å². The minimum absolute atomic E-state index is 0.190. The molecule has 4 aromatic rings. The highest BCUT2D eigenvalue weighted by Crippen LogP contribution is 2.30. The van der Waals surface area contributed by atoms with E-state index in [0.717, 1.165) is 10.1 Å². The first kappa shape index (κ1) is 13.7. The van der Waals surface area contributed by atoms with Crippen LogP contribution in [0.2, 0.25) is 0 Å². The molecule has 2 aromatic carbocycles. The Balaban J connectivity index is 1.94. The lowest BCUT2D eigenvalue weighted by molar-refractivity contribution is -0.266. The second kappa shape index (κ2) is 5.07. The Kier molecular flexibility index (Phi) is 3.02. The Bertz CT molecular complexity index is 1090. The maximum Gasteiger partial charge on any atom is 0.346 e. The van der Waals surface area contributed by atoms with Gasteiger partial charge in [0.1, 0.15) is 11.1 Å². The molecule has 0 saturated carbocycles. The molecule has 0 fully saturated rings. The Labute approximate surface area is 134 Å². The molecule has 4 nitrogen and oxygen atoms in total. The molecular weight excluding hydrogens is 312 g/mol. The first-order valence-electron chi connectivity index (χ1n) is 6.91. The third kappa shape index (κ3) is 2.13. The van der Waals surface area contributed by atoms with Gasteiger partial charge in [-0.15, -0.1) is 11.3 Å². The monoisotopic (exact) mass is 321 g/mol. The van der Waals surface area contributed by atoms with Crippen LogP contribution >= 0.6 is 11.3 Å². The van der Waals surface area contributed by atoms with Crippen molar-refractivity contribution in [2.75, 3.05) is 0 Å². The minimum Gasteiger partial charge on any atom is -0.871 e. The number of para-hydroxylation sites is 1. The number of carbonyl (C=O) groups is 1. The maximum atomic E-state index is 12.7. The maximum absolute atomic E-state index is 12.7. The number of hydrogen-bond donors (Lipinski definition) is 0. The van der Waals surface area contributed by atoms with Crippen molar-refractivity contribution in [3.63, 3.8) is 0 Å². The van der Waals surface area contributed by atoms with Gasteiger partial charge in [0.2, 0.25) is 5.78 Å². The van der Waals surface area contributed by atoms with Crippen LogP contribution in [0, 0.1) is 0 Å². The second-order valence-electron chi connectivity index (χ2n) is 5.07. The quantitative estimate of drug-likeness (QED) is 0.419. The second-order valence-corrected chi connectivity index (χ2v) is 6.15. The van der Waals surface area contributed by atoms with Crippen LogP contribution in [0.25, 0.3) is 21.1 Å². The van der Waals surface area contributed by atoms with Crippen LogP contribution in [0.3, 0.4) is 0 Å². The Morgan fingerprint density at radius 3 is 2.61 bits per heavy atom. The van der Waals surface area contributed by atoms with Gasteiger partial charge in [0.25, 0.3) is 0 Å². The molecule has 112 valence electrons. The van der Waals surface area contributed by atoms with Gasteiger partial charge >= 0.3 is 5.63 Å². The van der Waals surface area contributed by atoms with Crippen molar-refractivity contribution < 1.29 is 14.3 Å².